The maximum atomic E-state index is 13.5. The summed E-state index contributed by atoms with van der Waals surface area (Å²) in [7, 11) is -3.32. The molecular weight excluding hydrogens is 482 g/mol. The van der Waals surface area contributed by atoms with Crippen LogP contribution in [0.3, 0.4) is 0 Å². The van der Waals surface area contributed by atoms with E-state index < -0.39 is 14.6 Å². The van der Waals surface area contributed by atoms with E-state index in [1.165, 1.54) is 0 Å². The molecule has 36 heavy (non-hydrogen) atoms. The first-order valence-electron chi connectivity index (χ1n) is 12.6. The van der Waals surface area contributed by atoms with Gasteiger partial charge in [0, 0.05) is 43.6 Å². The maximum Gasteiger partial charge on any atom is 0.319 e. The first kappa shape index (κ1) is 24.9. The standard InChI is InChI=1S/C25H33N5O5S/c31-14-2-11-26-24(32)27-19-5-3-18(4-6-19)23-28-21(17-22(29-23)30-12-15-35-16-13-30)25(9-1-10-25)36(33,34)20-7-8-20/h3-6,17,20,31H,1-2,7-16H2,(H2,26,27,32). The van der Waals surface area contributed by atoms with Crippen molar-refractivity contribution in [3.05, 3.63) is 36.0 Å². The summed E-state index contributed by atoms with van der Waals surface area (Å²) in [6.07, 6.45) is 4.03. The molecule has 3 N–H and O–H groups in total. The van der Waals surface area contributed by atoms with Gasteiger partial charge >= 0.3 is 6.03 Å². The number of hydrogen-bond donors (Lipinski definition) is 3. The predicted molar refractivity (Wildman–Crippen MR) is 137 cm³/mol. The van der Waals surface area contributed by atoms with Gasteiger partial charge in [-0.05, 0) is 62.8 Å². The summed E-state index contributed by atoms with van der Waals surface area (Å²) < 4.78 is 31.6. The number of carbonyl (C=O) groups is 1. The van der Waals surface area contributed by atoms with E-state index in [-0.39, 0.29) is 17.9 Å². The number of sulfone groups is 1. The van der Waals surface area contributed by atoms with Gasteiger partial charge < -0.3 is 25.4 Å². The molecule has 0 atom stereocenters. The van der Waals surface area contributed by atoms with E-state index >= 15 is 0 Å². The largest absolute Gasteiger partial charge is 0.396 e. The number of aliphatic hydroxyl groups is 1. The number of rotatable bonds is 9. The summed E-state index contributed by atoms with van der Waals surface area (Å²) in [5.41, 5.74) is 1.95. The van der Waals surface area contributed by atoms with Gasteiger partial charge in [-0.25, -0.2) is 23.2 Å². The highest BCUT2D eigenvalue weighted by atomic mass is 32.2. The van der Waals surface area contributed by atoms with Crippen molar-refractivity contribution in [1.29, 1.82) is 0 Å². The molecule has 0 radical (unpaired) electrons. The fraction of sp³-hybridized carbons (Fsp3) is 0.560. The van der Waals surface area contributed by atoms with Crippen molar-refractivity contribution in [3.63, 3.8) is 0 Å². The van der Waals surface area contributed by atoms with Gasteiger partial charge in [-0.15, -0.1) is 0 Å². The summed E-state index contributed by atoms with van der Waals surface area (Å²) in [5, 5.41) is 14.0. The Balaban J connectivity index is 1.45. The lowest BCUT2D eigenvalue weighted by Crippen LogP contribution is -2.45. The van der Waals surface area contributed by atoms with Crippen molar-refractivity contribution in [2.45, 2.75) is 48.5 Å². The Morgan fingerprint density at radius 2 is 1.86 bits per heavy atom. The Kier molecular flexibility index (Phi) is 7.14. The zero-order chi connectivity index (χ0) is 25.2. The average molecular weight is 516 g/mol. The van der Waals surface area contributed by atoms with Crippen molar-refractivity contribution in [2.75, 3.05) is 49.7 Å². The number of amides is 2. The molecule has 1 saturated heterocycles. The Hall–Kier alpha value is -2.76. The molecule has 2 heterocycles. The number of ether oxygens (including phenoxy) is 1. The van der Waals surface area contributed by atoms with Gasteiger partial charge in [-0.1, -0.05) is 0 Å². The average Bonchev–Trinajstić information content (AvgIpc) is 3.71. The molecule has 10 nitrogen and oxygen atoms in total. The number of nitrogens with zero attached hydrogens (tertiary/aromatic N) is 3. The summed E-state index contributed by atoms with van der Waals surface area (Å²) in [5.74, 6) is 1.20. The second-order valence-corrected chi connectivity index (χ2v) is 12.2. The molecule has 1 aromatic heterocycles. The van der Waals surface area contributed by atoms with Crippen LogP contribution in [0, 0.1) is 0 Å². The second kappa shape index (κ2) is 10.3. The molecule has 11 heteroatoms. The third kappa shape index (κ3) is 4.91. The van der Waals surface area contributed by atoms with Crippen LogP contribution in [0.25, 0.3) is 11.4 Å². The number of carbonyl (C=O) groups excluding carboxylic acids is 1. The highest BCUT2D eigenvalue weighted by molar-refractivity contribution is 7.93. The third-order valence-corrected chi connectivity index (χ3v) is 10.3. The van der Waals surface area contributed by atoms with Crippen molar-refractivity contribution < 1.29 is 23.1 Å². The van der Waals surface area contributed by atoms with Crippen LogP contribution >= 0.6 is 0 Å². The number of benzene rings is 1. The lowest BCUT2D eigenvalue weighted by atomic mass is 9.81. The first-order chi connectivity index (χ1) is 17.4. The van der Waals surface area contributed by atoms with Crippen LogP contribution < -0.4 is 15.5 Å². The number of nitrogens with one attached hydrogen (secondary N) is 2. The van der Waals surface area contributed by atoms with Crippen LogP contribution in [0.2, 0.25) is 0 Å². The van der Waals surface area contributed by atoms with Gasteiger partial charge in [0.2, 0.25) is 0 Å². The number of morpholine rings is 1. The minimum absolute atomic E-state index is 0.0176. The third-order valence-electron chi connectivity index (χ3n) is 7.20. The molecule has 0 bridgehead atoms. The number of aromatic nitrogens is 2. The molecule has 3 aliphatic rings. The molecule has 2 aromatic rings. The summed E-state index contributed by atoms with van der Waals surface area (Å²) >= 11 is 0. The molecule has 0 unspecified atom stereocenters. The van der Waals surface area contributed by atoms with Crippen molar-refractivity contribution in [3.8, 4) is 11.4 Å². The van der Waals surface area contributed by atoms with Gasteiger partial charge in [-0.2, -0.15) is 0 Å². The number of urea groups is 1. The quantitative estimate of drug-likeness (QED) is 0.434. The van der Waals surface area contributed by atoms with Crippen molar-refractivity contribution >= 4 is 27.4 Å². The zero-order valence-corrected chi connectivity index (χ0v) is 21.1. The number of anilines is 2. The highest BCUT2D eigenvalue weighted by Crippen LogP contribution is 2.53. The van der Waals surface area contributed by atoms with Crippen LogP contribution in [0.4, 0.5) is 16.3 Å². The molecule has 0 spiro atoms. The van der Waals surface area contributed by atoms with E-state index in [9.17, 15) is 13.2 Å². The van der Waals surface area contributed by atoms with Gasteiger partial charge in [0.15, 0.2) is 15.7 Å². The van der Waals surface area contributed by atoms with E-state index in [1.54, 1.807) is 12.1 Å². The minimum Gasteiger partial charge on any atom is -0.396 e. The fourth-order valence-corrected chi connectivity index (χ4v) is 7.44. The van der Waals surface area contributed by atoms with Gasteiger partial charge in [0.25, 0.3) is 0 Å². The zero-order valence-electron chi connectivity index (χ0n) is 20.3. The summed E-state index contributed by atoms with van der Waals surface area (Å²) in [6.45, 7) is 2.97. The topological polar surface area (TPSA) is 134 Å². The molecule has 2 saturated carbocycles. The Morgan fingerprint density at radius 1 is 1.14 bits per heavy atom. The van der Waals surface area contributed by atoms with Crippen molar-refractivity contribution in [2.24, 2.45) is 0 Å². The normalized spacial score (nSPS) is 19.4. The number of hydrogen-bond acceptors (Lipinski definition) is 8. The predicted octanol–water partition coefficient (Wildman–Crippen LogP) is 2.44. The second-order valence-electron chi connectivity index (χ2n) is 9.66. The molecule has 2 amide bonds. The van der Waals surface area contributed by atoms with Crippen LogP contribution in [-0.4, -0.2) is 74.2 Å². The monoisotopic (exact) mass is 515 g/mol. The minimum atomic E-state index is -3.32. The van der Waals surface area contributed by atoms with Gasteiger partial charge in [-0.3, -0.25) is 0 Å². The van der Waals surface area contributed by atoms with Crippen LogP contribution in [0.15, 0.2) is 30.3 Å². The van der Waals surface area contributed by atoms with E-state index in [0.717, 1.165) is 30.6 Å². The Morgan fingerprint density at radius 3 is 2.47 bits per heavy atom. The number of aliphatic hydroxyl groups excluding tert-OH is 1. The highest BCUT2D eigenvalue weighted by Gasteiger charge is 2.57. The fourth-order valence-electron chi connectivity index (χ4n) is 4.79. The molecule has 5 rings (SSSR count). The van der Waals surface area contributed by atoms with Crippen LogP contribution in [-0.2, 0) is 19.3 Å². The summed E-state index contributed by atoms with van der Waals surface area (Å²) in [6, 6.07) is 8.72. The maximum absolute atomic E-state index is 13.5. The van der Waals surface area contributed by atoms with Gasteiger partial charge in [0.05, 0.1) is 24.2 Å². The Bertz CT molecular complexity index is 1190. The van der Waals surface area contributed by atoms with E-state index in [4.69, 9.17) is 19.8 Å². The van der Waals surface area contributed by atoms with Crippen LogP contribution in [0.5, 0.6) is 0 Å². The van der Waals surface area contributed by atoms with E-state index in [2.05, 4.69) is 15.5 Å². The Labute approximate surface area is 211 Å². The molecule has 2 aliphatic carbocycles. The molecule has 3 fully saturated rings. The van der Waals surface area contributed by atoms with E-state index in [0.29, 0.717) is 69.3 Å². The molecular formula is C25H33N5O5S. The smallest absolute Gasteiger partial charge is 0.319 e. The van der Waals surface area contributed by atoms with Crippen LogP contribution in [0.1, 0.15) is 44.2 Å². The van der Waals surface area contributed by atoms with E-state index in [1.807, 2.05) is 18.2 Å². The van der Waals surface area contributed by atoms with Gasteiger partial charge in [0.1, 0.15) is 10.6 Å². The lowest BCUT2D eigenvalue weighted by Gasteiger charge is -2.41. The van der Waals surface area contributed by atoms with Crippen molar-refractivity contribution in [1.82, 2.24) is 15.3 Å². The summed E-state index contributed by atoms with van der Waals surface area (Å²) in [4.78, 5) is 23.8. The SMILES string of the molecule is O=C(NCCCO)Nc1ccc(-c2nc(N3CCOCC3)cc(C3(S(=O)(=O)C4CC4)CCC3)n2)cc1. The molecule has 194 valence electrons. The first-order valence-corrected chi connectivity index (χ1v) is 14.2. The molecule has 1 aromatic carbocycles. The molecule has 1 aliphatic heterocycles. The lowest BCUT2D eigenvalue weighted by molar-refractivity contribution is 0.122.